The van der Waals surface area contributed by atoms with Crippen LogP contribution in [0.4, 0.5) is 5.69 Å². The van der Waals surface area contributed by atoms with E-state index in [4.69, 9.17) is 0 Å². The van der Waals surface area contributed by atoms with E-state index in [0.717, 1.165) is 19.5 Å². The second-order valence-corrected chi connectivity index (χ2v) is 7.01. The van der Waals surface area contributed by atoms with Gasteiger partial charge in [-0.25, -0.2) is 0 Å². The molecule has 0 amide bonds. The van der Waals surface area contributed by atoms with E-state index in [9.17, 15) is 0 Å². The molecular formula is C21H26N2. The summed E-state index contributed by atoms with van der Waals surface area (Å²) in [5, 5.41) is 3.65. The van der Waals surface area contributed by atoms with Crippen LogP contribution in [-0.4, -0.2) is 25.7 Å². The fraction of sp³-hybridized carbons (Fsp3) is 0.429. The van der Waals surface area contributed by atoms with Crippen LogP contribution in [0.5, 0.6) is 0 Å². The minimum absolute atomic E-state index is 0.656. The average Bonchev–Trinajstić information content (AvgIpc) is 2.73. The zero-order valence-electron chi connectivity index (χ0n) is 14.0. The number of anilines is 1. The first-order valence-corrected chi connectivity index (χ1v) is 8.95. The van der Waals surface area contributed by atoms with Crippen molar-refractivity contribution >= 4 is 5.69 Å². The van der Waals surface area contributed by atoms with Crippen LogP contribution < -0.4 is 10.2 Å². The lowest BCUT2D eigenvalue weighted by Gasteiger charge is -2.29. The highest BCUT2D eigenvalue weighted by atomic mass is 15.2. The molecule has 1 saturated heterocycles. The quantitative estimate of drug-likeness (QED) is 0.925. The zero-order valence-corrected chi connectivity index (χ0v) is 14.0. The van der Waals surface area contributed by atoms with E-state index in [-0.39, 0.29) is 0 Å². The molecule has 2 heteroatoms. The maximum atomic E-state index is 3.65. The van der Waals surface area contributed by atoms with Crippen LogP contribution in [0, 0.1) is 6.92 Å². The van der Waals surface area contributed by atoms with Crippen molar-refractivity contribution < 1.29 is 0 Å². The molecule has 2 heterocycles. The van der Waals surface area contributed by atoms with Crippen LogP contribution in [0.2, 0.25) is 0 Å². The summed E-state index contributed by atoms with van der Waals surface area (Å²) in [5.74, 6) is 0.656. The molecule has 2 nitrogen and oxygen atoms in total. The first-order valence-electron chi connectivity index (χ1n) is 8.95. The molecule has 2 aromatic carbocycles. The molecule has 2 atom stereocenters. The number of hydrogen-bond acceptors (Lipinski definition) is 2. The lowest BCUT2D eigenvalue weighted by molar-refractivity contribution is 0.512. The second kappa shape index (κ2) is 6.37. The van der Waals surface area contributed by atoms with E-state index in [2.05, 4.69) is 65.7 Å². The first kappa shape index (κ1) is 14.8. The lowest BCUT2D eigenvalue weighted by Crippen LogP contribution is -2.36. The average molecular weight is 306 g/mol. The molecule has 0 radical (unpaired) electrons. The summed E-state index contributed by atoms with van der Waals surface area (Å²) >= 11 is 0. The van der Waals surface area contributed by atoms with Crippen molar-refractivity contribution in [1.29, 1.82) is 0 Å². The van der Waals surface area contributed by atoms with E-state index in [1.807, 2.05) is 0 Å². The highest BCUT2D eigenvalue weighted by Gasteiger charge is 2.38. The van der Waals surface area contributed by atoms with E-state index < -0.39 is 0 Å². The van der Waals surface area contributed by atoms with Crippen LogP contribution in [0.3, 0.4) is 0 Å². The monoisotopic (exact) mass is 306 g/mol. The third-order valence-electron chi connectivity index (χ3n) is 5.46. The number of hydrogen-bond donors (Lipinski definition) is 1. The van der Waals surface area contributed by atoms with Crippen molar-refractivity contribution in [3.8, 4) is 0 Å². The summed E-state index contributed by atoms with van der Waals surface area (Å²) in [6.07, 6.45) is 3.72. The van der Waals surface area contributed by atoms with Gasteiger partial charge < -0.3 is 10.2 Å². The molecule has 0 bridgehead atoms. The Kier molecular flexibility index (Phi) is 4.09. The molecule has 2 aliphatic heterocycles. The van der Waals surface area contributed by atoms with Crippen molar-refractivity contribution in [2.75, 3.05) is 24.5 Å². The van der Waals surface area contributed by atoms with Crippen molar-refractivity contribution in [3.05, 3.63) is 65.2 Å². The molecule has 120 valence electrons. The normalized spacial score (nSPS) is 23.3. The van der Waals surface area contributed by atoms with E-state index in [1.165, 1.54) is 36.2 Å². The molecule has 0 aromatic heterocycles. The van der Waals surface area contributed by atoms with Crippen molar-refractivity contribution in [3.63, 3.8) is 0 Å². The van der Waals surface area contributed by atoms with E-state index in [0.29, 0.717) is 12.0 Å². The third kappa shape index (κ3) is 2.88. The molecule has 0 aliphatic carbocycles. The Morgan fingerprint density at radius 1 is 1.13 bits per heavy atom. The smallest absolute Gasteiger partial charge is 0.0405 e. The topological polar surface area (TPSA) is 15.3 Å². The Bertz CT molecular complexity index is 665. The summed E-state index contributed by atoms with van der Waals surface area (Å²) < 4.78 is 0. The van der Waals surface area contributed by atoms with Crippen LogP contribution in [0.15, 0.2) is 48.5 Å². The number of nitrogens with one attached hydrogen (secondary N) is 1. The summed E-state index contributed by atoms with van der Waals surface area (Å²) in [6, 6.07) is 18.6. The van der Waals surface area contributed by atoms with Crippen LogP contribution in [-0.2, 0) is 6.42 Å². The van der Waals surface area contributed by atoms with E-state index >= 15 is 0 Å². The Labute approximate surface area is 139 Å². The summed E-state index contributed by atoms with van der Waals surface area (Å²) in [5.41, 5.74) is 5.87. The fourth-order valence-corrected chi connectivity index (χ4v) is 4.31. The summed E-state index contributed by atoms with van der Waals surface area (Å²) in [4.78, 5) is 2.69. The number of benzene rings is 2. The van der Waals surface area contributed by atoms with Crippen molar-refractivity contribution in [2.24, 2.45) is 0 Å². The van der Waals surface area contributed by atoms with Crippen LogP contribution in [0.25, 0.3) is 0 Å². The Morgan fingerprint density at radius 3 is 2.87 bits per heavy atom. The number of aryl methyl sites for hydroxylation is 1. The fourth-order valence-electron chi connectivity index (χ4n) is 4.31. The van der Waals surface area contributed by atoms with Gasteiger partial charge in [0.2, 0.25) is 0 Å². The zero-order chi connectivity index (χ0) is 15.6. The highest BCUT2D eigenvalue weighted by Crippen LogP contribution is 2.43. The predicted molar refractivity (Wildman–Crippen MR) is 97.3 cm³/mol. The maximum absolute atomic E-state index is 3.65. The predicted octanol–water partition coefficient (Wildman–Crippen LogP) is 3.89. The van der Waals surface area contributed by atoms with Gasteiger partial charge in [0.15, 0.2) is 0 Å². The Morgan fingerprint density at radius 2 is 2.00 bits per heavy atom. The molecule has 1 N–H and O–H groups in total. The van der Waals surface area contributed by atoms with Crippen molar-refractivity contribution in [2.45, 2.75) is 38.1 Å². The summed E-state index contributed by atoms with van der Waals surface area (Å²) in [7, 11) is 0. The number of fused-ring (bicyclic) bond motifs is 3. The molecule has 2 unspecified atom stereocenters. The van der Waals surface area contributed by atoms with E-state index in [1.54, 1.807) is 5.56 Å². The molecule has 4 rings (SSSR count). The van der Waals surface area contributed by atoms with Gasteiger partial charge in [0.05, 0.1) is 0 Å². The van der Waals surface area contributed by atoms with Gasteiger partial charge >= 0.3 is 0 Å². The van der Waals surface area contributed by atoms with Gasteiger partial charge in [0, 0.05) is 30.7 Å². The highest BCUT2D eigenvalue weighted by molar-refractivity contribution is 5.63. The lowest BCUT2D eigenvalue weighted by atomic mass is 9.92. The van der Waals surface area contributed by atoms with Crippen LogP contribution in [0.1, 0.15) is 35.4 Å². The molecule has 2 aliphatic rings. The Balaban J connectivity index is 1.62. The minimum Gasteiger partial charge on any atom is -0.367 e. The standard InChI is InChI=1S/C21H26N2/c1-16-9-10-21-18(14-16)19-15-22-12-5-8-20(19)23(21)13-11-17-6-3-2-4-7-17/h2-4,6-7,9-10,14,19-20,22H,5,8,11-13,15H2,1H3. The van der Waals surface area contributed by atoms with Gasteiger partial charge in [0.25, 0.3) is 0 Å². The Hall–Kier alpha value is -1.80. The minimum atomic E-state index is 0.656. The number of nitrogens with zero attached hydrogens (tertiary/aromatic N) is 1. The van der Waals surface area contributed by atoms with Gasteiger partial charge in [-0.15, -0.1) is 0 Å². The summed E-state index contributed by atoms with van der Waals surface area (Å²) in [6.45, 7) is 5.64. The van der Waals surface area contributed by atoms with Gasteiger partial charge in [-0.1, -0.05) is 48.0 Å². The van der Waals surface area contributed by atoms with Crippen LogP contribution >= 0.6 is 0 Å². The molecular weight excluding hydrogens is 280 g/mol. The molecule has 0 saturated carbocycles. The third-order valence-corrected chi connectivity index (χ3v) is 5.46. The molecule has 23 heavy (non-hydrogen) atoms. The van der Waals surface area contributed by atoms with Gasteiger partial charge in [-0.3, -0.25) is 0 Å². The second-order valence-electron chi connectivity index (χ2n) is 7.01. The SMILES string of the molecule is Cc1ccc2c(c1)C1CNCCCC1N2CCc1ccccc1. The molecule has 1 fully saturated rings. The van der Waals surface area contributed by atoms with Crippen molar-refractivity contribution in [1.82, 2.24) is 5.32 Å². The molecule has 0 spiro atoms. The van der Waals surface area contributed by atoms with Gasteiger partial charge in [0.1, 0.15) is 0 Å². The maximum Gasteiger partial charge on any atom is 0.0405 e. The first-order chi connectivity index (χ1) is 11.3. The van der Waals surface area contributed by atoms with Gasteiger partial charge in [-0.2, -0.15) is 0 Å². The largest absolute Gasteiger partial charge is 0.367 e. The number of rotatable bonds is 3. The molecule has 2 aromatic rings. The van der Waals surface area contributed by atoms with Gasteiger partial charge in [-0.05, 0) is 49.9 Å².